The summed E-state index contributed by atoms with van der Waals surface area (Å²) in [6.45, 7) is -0.101. The number of rotatable bonds is 5. The van der Waals surface area contributed by atoms with Crippen molar-refractivity contribution in [1.82, 2.24) is 0 Å². The molecule has 1 heterocycles. The molecular formula is C12H13FN2O6S. The van der Waals surface area contributed by atoms with Crippen LogP contribution in [0.5, 0.6) is 5.75 Å². The Balaban J connectivity index is 2.35. The number of ether oxygens (including phenoxy) is 1. The summed E-state index contributed by atoms with van der Waals surface area (Å²) in [7, 11) is -3.34. The zero-order valence-electron chi connectivity index (χ0n) is 11.6. The van der Waals surface area contributed by atoms with Crippen LogP contribution in [0.15, 0.2) is 18.2 Å². The fourth-order valence-electron chi connectivity index (χ4n) is 2.41. The molecule has 22 heavy (non-hydrogen) atoms. The van der Waals surface area contributed by atoms with Gasteiger partial charge in [-0.05, 0) is 6.07 Å². The van der Waals surface area contributed by atoms with E-state index in [-0.39, 0.29) is 24.3 Å². The summed E-state index contributed by atoms with van der Waals surface area (Å²) in [5.41, 5.74) is -0.300. The van der Waals surface area contributed by atoms with Crippen molar-refractivity contribution in [2.75, 3.05) is 24.3 Å². The van der Waals surface area contributed by atoms with E-state index < -0.39 is 32.7 Å². The van der Waals surface area contributed by atoms with Gasteiger partial charge in [-0.25, -0.2) is 0 Å². The third-order valence-corrected chi connectivity index (χ3v) is 4.18. The lowest BCUT2D eigenvalue weighted by Crippen LogP contribution is -2.26. The molecule has 10 heteroatoms. The summed E-state index contributed by atoms with van der Waals surface area (Å²) >= 11 is 0. The van der Waals surface area contributed by atoms with Crippen LogP contribution >= 0.6 is 0 Å². The highest BCUT2D eigenvalue weighted by molar-refractivity contribution is 7.86. The van der Waals surface area contributed by atoms with Gasteiger partial charge in [-0.3, -0.25) is 14.9 Å². The smallest absolute Gasteiger partial charge is 0.302 e. The van der Waals surface area contributed by atoms with Crippen molar-refractivity contribution in [3.63, 3.8) is 0 Å². The Morgan fingerprint density at radius 3 is 2.73 bits per heavy atom. The van der Waals surface area contributed by atoms with E-state index in [1.165, 1.54) is 25.3 Å². The molecule has 1 saturated heterocycles. The Bertz CT molecular complexity index is 720. The number of nitro groups is 1. The fourth-order valence-corrected chi connectivity index (χ4v) is 3.19. The number of anilines is 1. The maximum Gasteiger partial charge on any atom is 0.302 e. The molecule has 1 atom stereocenters. The van der Waals surface area contributed by atoms with Gasteiger partial charge >= 0.3 is 10.2 Å². The summed E-state index contributed by atoms with van der Waals surface area (Å²) in [6.07, 6.45) is -0.183. The average molecular weight is 332 g/mol. The molecular weight excluding hydrogens is 319 g/mol. The van der Waals surface area contributed by atoms with Crippen molar-refractivity contribution < 1.29 is 26.8 Å². The molecule has 0 N–H and O–H groups in total. The fraction of sp³-hybridized carbons (Fsp3) is 0.417. The number of benzene rings is 1. The molecule has 1 aliphatic heterocycles. The monoisotopic (exact) mass is 332 g/mol. The molecule has 1 aliphatic rings. The standard InChI is InChI=1S/C12H13FN2O6S/c1-21-9-2-3-10(15(17)18)11(5-9)14-6-8(4-12(14)16)7-22(13,19)20/h2-3,5,8H,4,6-7H2,1H3. The molecule has 1 fully saturated rings. The van der Waals surface area contributed by atoms with E-state index in [1.807, 2.05) is 0 Å². The zero-order valence-corrected chi connectivity index (χ0v) is 12.4. The summed E-state index contributed by atoms with van der Waals surface area (Å²) in [4.78, 5) is 23.5. The van der Waals surface area contributed by atoms with E-state index in [9.17, 15) is 27.2 Å². The van der Waals surface area contributed by atoms with Crippen LogP contribution in [-0.2, 0) is 15.0 Å². The highest BCUT2D eigenvalue weighted by Gasteiger charge is 2.36. The van der Waals surface area contributed by atoms with Crippen molar-refractivity contribution in [2.24, 2.45) is 5.92 Å². The third-order valence-electron chi connectivity index (χ3n) is 3.31. The molecule has 0 aliphatic carbocycles. The number of hydrogen-bond acceptors (Lipinski definition) is 6. The first kappa shape index (κ1) is 16.1. The predicted octanol–water partition coefficient (Wildman–Crippen LogP) is 1.26. The van der Waals surface area contributed by atoms with Gasteiger partial charge in [0.1, 0.15) is 11.4 Å². The quantitative estimate of drug-likeness (QED) is 0.456. The molecule has 2 rings (SSSR count). The summed E-state index contributed by atoms with van der Waals surface area (Å²) in [6, 6.07) is 3.90. The Labute approximate surface area is 125 Å². The van der Waals surface area contributed by atoms with Gasteiger partial charge in [0.25, 0.3) is 5.69 Å². The van der Waals surface area contributed by atoms with Crippen LogP contribution in [0, 0.1) is 16.0 Å². The Morgan fingerprint density at radius 2 is 2.18 bits per heavy atom. The maximum atomic E-state index is 12.7. The second-order valence-corrected chi connectivity index (χ2v) is 6.30. The molecule has 1 aromatic rings. The van der Waals surface area contributed by atoms with E-state index in [0.29, 0.717) is 5.75 Å². The Kier molecular flexibility index (Phi) is 4.31. The van der Waals surface area contributed by atoms with Crippen LogP contribution in [-0.4, -0.2) is 38.7 Å². The second kappa shape index (κ2) is 5.87. The largest absolute Gasteiger partial charge is 0.497 e. The van der Waals surface area contributed by atoms with Crippen molar-refractivity contribution in [3.05, 3.63) is 28.3 Å². The number of amides is 1. The number of nitro benzene ring substituents is 1. The van der Waals surface area contributed by atoms with Gasteiger partial charge < -0.3 is 9.64 Å². The van der Waals surface area contributed by atoms with E-state index in [2.05, 4.69) is 0 Å². The van der Waals surface area contributed by atoms with Crippen molar-refractivity contribution in [3.8, 4) is 5.75 Å². The molecule has 1 amide bonds. The molecule has 8 nitrogen and oxygen atoms in total. The Hall–Kier alpha value is -2.23. The van der Waals surface area contributed by atoms with E-state index >= 15 is 0 Å². The highest BCUT2D eigenvalue weighted by atomic mass is 32.3. The first-order chi connectivity index (χ1) is 10.2. The lowest BCUT2D eigenvalue weighted by molar-refractivity contribution is -0.384. The highest BCUT2D eigenvalue weighted by Crippen LogP contribution is 2.36. The van der Waals surface area contributed by atoms with E-state index in [0.717, 1.165) is 4.90 Å². The first-order valence-electron chi connectivity index (χ1n) is 6.26. The molecule has 1 unspecified atom stereocenters. The Morgan fingerprint density at radius 1 is 1.50 bits per heavy atom. The predicted molar refractivity (Wildman–Crippen MR) is 75.0 cm³/mol. The number of methoxy groups -OCH3 is 1. The first-order valence-corrected chi connectivity index (χ1v) is 7.81. The third kappa shape index (κ3) is 3.50. The average Bonchev–Trinajstić information content (AvgIpc) is 2.76. The zero-order chi connectivity index (χ0) is 16.5. The lowest BCUT2D eigenvalue weighted by atomic mass is 10.1. The van der Waals surface area contributed by atoms with Crippen LogP contribution in [0.4, 0.5) is 15.3 Å². The van der Waals surface area contributed by atoms with E-state index in [4.69, 9.17) is 4.74 Å². The molecule has 0 bridgehead atoms. The number of hydrogen-bond donors (Lipinski definition) is 0. The minimum Gasteiger partial charge on any atom is -0.497 e. The van der Waals surface area contributed by atoms with E-state index in [1.54, 1.807) is 0 Å². The summed E-state index contributed by atoms with van der Waals surface area (Å²) < 4.78 is 39.1. The summed E-state index contributed by atoms with van der Waals surface area (Å²) in [5.74, 6) is -1.71. The van der Waals surface area contributed by atoms with Crippen molar-refractivity contribution in [2.45, 2.75) is 6.42 Å². The number of nitrogens with zero attached hydrogens (tertiary/aromatic N) is 2. The van der Waals surface area contributed by atoms with Gasteiger partial charge in [0.15, 0.2) is 0 Å². The SMILES string of the molecule is COc1ccc([N+](=O)[O-])c(N2CC(CS(=O)(=O)F)CC2=O)c1. The van der Waals surface area contributed by atoms with Gasteiger partial charge in [0.05, 0.1) is 17.8 Å². The minimum absolute atomic E-state index is 0.00751. The van der Waals surface area contributed by atoms with Crippen LogP contribution in [0.3, 0.4) is 0 Å². The van der Waals surface area contributed by atoms with Gasteiger partial charge in [-0.2, -0.15) is 8.42 Å². The van der Waals surface area contributed by atoms with Crippen molar-refractivity contribution in [1.29, 1.82) is 0 Å². The van der Waals surface area contributed by atoms with Gasteiger partial charge in [-0.1, -0.05) is 0 Å². The molecule has 0 radical (unpaired) electrons. The van der Waals surface area contributed by atoms with Crippen molar-refractivity contribution >= 4 is 27.5 Å². The summed E-state index contributed by atoms with van der Waals surface area (Å²) in [5, 5.41) is 11.1. The molecule has 1 aromatic carbocycles. The van der Waals surface area contributed by atoms with Gasteiger partial charge in [0.2, 0.25) is 5.91 Å². The van der Waals surface area contributed by atoms with Gasteiger partial charge in [-0.15, -0.1) is 3.89 Å². The normalized spacial score (nSPS) is 18.5. The second-order valence-electron chi connectivity index (χ2n) is 4.89. The topological polar surface area (TPSA) is 107 Å². The maximum absolute atomic E-state index is 12.7. The molecule has 0 aromatic heterocycles. The van der Waals surface area contributed by atoms with Crippen LogP contribution in [0.1, 0.15) is 6.42 Å². The van der Waals surface area contributed by atoms with Gasteiger partial charge in [0, 0.05) is 31.0 Å². The van der Waals surface area contributed by atoms with Crippen LogP contribution in [0.2, 0.25) is 0 Å². The number of carbonyl (C=O) groups is 1. The number of carbonyl (C=O) groups excluding carboxylic acids is 1. The lowest BCUT2D eigenvalue weighted by Gasteiger charge is -2.17. The molecule has 0 saturated carbocycles. The molecule has 120 valence electrons. The van der Waals surface area contributed by atoms with Crippen LogP contribution in [0.25, 0.3) is 0 Å². The number of halogens is 1. The minimum atomic E-state index is -4.71. The van der Waals surface area contributed by atoms with Crippen LogP contribution < -0.4 is 9.64 Å². The molecule has 0 spiro atoms.